The molecule has 5 nitrogen and oxygen atoms in total. The average molecular weight is 360 g/mol. The van der Waals surface area contributed by atoms with Gasteiger partial charge in [-0.15, -0.1) is 0 Å². The first-order chi connectivity index (χ1) is 12.6. The molecule has 1 aromatic carbocycles. The average Bonchev–Trinajstić information content (AvgIpc) is 2.68. The molecular weight excluding hydrogens is 322 g/mol. The number of anilines is 1. The Morgan fingerprint density at radius 2 is 1.92 bits per heavy atom. The fraction of sp³-hybridized carbons (Fsp3) is 0.667. The van der Waals surface area contributed by atoms with Gasteiger partial charge in [0.2, 0.25) is 0 Å². The maximum Gasteiger partial charge on any atom is 0.191 e. The molecule has 1 unspecified atom stereocenters. The van der Waals surface area contributed by atoms with Crippen LogP contribution in [-0.2, 0) is 0 Å². The number of nitrogens with one attached hydrogen (secondary N) is 2. The first-order valence-corrected chi connectivity index (χ1v) is 10.2. The van der Waals surface area contributed by atoms with E-state index in [2.05, 4.69) is 78.6 Å². The van der Waals surface area contributed by atoms with Crippen LogP contribution in [0.2, 0.25) is 0 Å². The molecule has 0 bridgehead atoms. The Bertz CT molecular complexity index is 522. The molecule has 1 heterocycles. The monoisotopic (exact) mass is 359 g/mol. The van der Waals surface area contributed by atoms with Gasteiger partial charge in [0.05, 0.1) is 6.54 Å². The second kappa shape index (κ2) is 11.1. The third-order valence-electron chi connectivity index (χ3n) is 5.15. The van der Waals surface area contributed by atoms with Crippen molar-refractivity contribution in [1.82, 2.24) is 15.5 Å². The third kappa shape index (κ3) is 6.52. The predicted molar refractivity (Wildman–Crippen MR) is 113 cm³/mol. The van der Waals surface area contributed by atoms with E-state index in [1.54, 1.807) is 0 Å². The Kier molecular flexibility index (Phi) is 8.75. The van der Waals surface area contributed by atoms with E-state index in [1.165, 1.54) is 44.6 Å². The number of piperidine rings is 1. The van der Waals surface area contributed by atoms with Crippen LogP contribution in [-0.4, -0.2) is 62.7 Å². The topological polar surface area (TPSA) is 42.9 Å². The third-order valence-corrected chi connectivity index (χ3v) is 5.15. The van der Waals surface area contributed by atoms with Gasteiger partial charge < -0.3 is 20.4 Å². The summed E-state index contributed by atoms with van der Waals surface area (Å²) in [5.41, 5.74) is 1.23. The summed E-state index contributed by atoms with van der Waals surface area (Å²) in [4.78, 5) is 9.71. The van der Waals surface area contributed by atoms with E-state index in [0.717, 1.165) is 19.0 Å². The van der Waals surface area contributed by atoms with Gasteiger partial charge >= 0.3 is 0 Å². The van der Waals surface area contributed by atoms with E-state index in [9.17, 15) is 0 Å². The number of para-hydroxylation sites is 1. The minimum atomic E-state index is 0.347. The van der Waals surface area contributed by atoms with Crippen molar-refractivity contribution in [2.45, 2.75) is 52.1 Å². The maximum absolute atomic E-state index is 4.85. The fourth-order valence-electron chi connectivity index (χ4n) is 3.39. The summed E-state index contributed by atoms with van der Waals surface area (Å²) >= 11 is 0. The first-order valence-electron chi connectivity index (χ1n) is 10.2. The van der Waals surface area contributed by atoms with E-state index < -0.39 is 0 Å². The highest BCUT2D eigenvalue weighted by Gasteiger charge is 2.19. The molecule has 0 saturated carbocycles. The molecule has 1 aromatic rings. The number of benzene rings is 1. The van der Waals surface area contributed by atoms with Crippen LogP contribution in [0.1, 0.15) is 40.0 Å². The molecule has 5 heteroatoms. The normalized spacial score (nSPS) is 17.8. The number of rotatable bonds is 8. The van der Waals surface area contributed by atoms with Gasteiger partial charge in [-0.3, -0.25) is 4.99 Å². The molecule has 1 aliphatic rings. The number of nitrogens with zero attached hydrogens (tertiary/aromatic N) is 3. The lowest BCUT2D eigenvalue weighted by molar-refractivity contribution is 0.206. The maximum atomic E-state index is 4.85. The molecule has 2 rings (SSSR count). The van der Waals surface area contributed by atoms with Gasteiger partial charge in [0.25, 0.3) is 0 Å². The minimum Gasteiger partial charge on any atom is -0.370 e. The van der Waals surface area contributed by atoms with Crippen molar-refractivity contribution >= 4 is 11.6 Å². The summed E-state index contributed by atoms with van der Waals surface area (Å²) in [5, 5.41) is 7.05. The number of likely N-dealkylation sites (tertiary alicyclic amines) is 1. The van der Waals surface area contributed by atoms with Gasteiger partial charge in [-0.1, -0.05) is 25.1 Å². The van der Waals surface area contributed by atoms with Crippen LogP contribution in [0, 0.1) is 0 Å². The van der Waals surface area contributed by atoms with Crippen LogP contribution >= 0.6 is 0 Å². The van der Waals surface area contributed by atoms with Crippen LogP contribution in [0.4, 0.5) is 5.69 Å². The Balaban J connectivity index is 1.86. The summed E-state index contributed by atoms with van der Waals surface area (Å²) in [6.45, 7) is 11.9. The van der Waals surface area contributed by atoms with Crippen LogP contribution in [0.5, 0.6) is 0 Å². The second-order valence-corrected chi connectivity index (χ2v) is 7.28. The number of aliphatic imine (C=N–C) groups is 1. The molecular formula is C21H37N5. The summed E-state index contributed by atoms with van der Waals surface area (Å²) in [6, 6.07) is 11.4. The zero-order valence-corrected chi connectivity index (χ0v) is 17.0. The van der Waals surface area contributed by atoms with Gasteiger partial charge in [-0.25, -0.2) is 0 Å². The van der Waals surface area contributed by atoms with Crippen LogP contribution < -0.4 is 15.5 Å². The van der Waals surface area contributed by atoms with Gasteiger partial charge in [0.15, 0.2) is 5.96 Å². The number of guanidine groups is 1. The Labute approximate surface area is 159 Å². The van der Waals surface area contributed by atoms with Gasteiger partial charge in [0, 0.05) is 44.5 Å². The number of hydrogen-bond donors (Lipinski definition) is 2. The van der Waals surface area contributed by atoms with Crippen LogP contribution in [0.15, 0.2) is 35.3 Å². The highest BCUT2D eigenvalue weighted by Crippen LogP contribution is 2.14. The molecule has 0 aliphatic carbocycles. The molecule has 26 heavy (non-hydrogen) atoms. The van der Waals surface area contributed by atoms with Crippen LogP contribution in [0.25, 0.3) is 0 Å². The predicted octanol–water partition coefficient (Wildman–Crippen LogP) is 2.94. The standard InChI is InChI=1S/C21H37N5/c1-5-14-26-15-12-19(13-16-26)24-21(22-6-2)23-17-18(3)25(4)20-10-8-7-9-11-20/h7-11,18-19H,5-6,12-17H2,1-4H3,(H2,22,23,24). The van der Waals surface area contributed by atoms with Crippen molar-refractivity contribution in [1.29, 1.82) is 0 Å². The number of hydrogen-bond acceptors (Lipinski definition) is 3. The molecule has 1 fully saturated rings. The van der Waals surface area contributed by atoms with E-state index in [0.29, 0.717) is 12.1 Å². The SMILES string of the molecule is CCCN1CCC(NC(=NCC(C)N(C)c2ccccc2)NCC)CC1. The smallest absolute Gasteiger partial charge is 0.191 e. The van der Waals surface area contributed by atoms with Crippen molar-refractivity contribution in [2.75, 3.05) is 44.7 Å². The highest BCUT2D eigenvalue weighted by molar-refractivity contribution is 5.80. The zero-order chi connectivity index (χ0) is 18.8. The Hall–Kier alpha value is -1.75. The van der Waals surface area contributed by atoms with Crippen molar-refractivity contribution in [3.63, 3.8) is 0 Å². The minimum absolute atomic E-state index is 0.347. The molecule has 1 saturated heterocycles. The summed E-state index contributed by atoms with van der Waals surface area (Å²) in [6.07, 6.45) is 3.64. The van der Waals surface area contributed by atoms with E-state index in [1.807, 2.05) is 0 Å². The zero-order valence-electron chi connectivity index (χ0n) is 17.0. The van der Waals surface area contributed by atoms with E-state index in [4.69, 9.17) is 4.99 Å². The molecule has 0 radical (unpaired) electrons. The second-order valence-electron chi connectivity index (χ2n) is 7.28. The molecule has 0 aromatic heterocycles. The fourth-order valence-corrected chi connectivity index (χ4v) is 3.39. The molecule has 0 spiro atoms. The van der Waals surface area contributed by atoms with Gasteiger partial charge in [-0.05, 0) is 51.8 Å². The van der Waals surface area contributed by atoms with E-state index in [-0.39, 0.29) is 0 Å². The van der Waals surface area contributed by atoms with E-state index >= 15 is 0 Å². The van der Waals surface area contributed by atoms with Crippen LogP contribution in [0.3, 0.4) is 0 Å². The van der Waals surface area contributed by atoms with Gasteiger partial charge in [-0.2, -0.15) is 0 Å². The van der Waals surface area contributed by atoms with Crippen molar-refractivity contribution in [3.05, 3.63) is 30.3 Å². The Morgan fingerprint density at radius 3 is 2.54 bits per heavy atom. The molecule has 1 atom stereocenters. The molecule has 1 aliphatic heterocycles. The molecule has 2 N–H and O–H groups in total. The molecule has 0 amide bonds. The lowest BCUT2D eigenvalue weighted by Gasteiger charge is -2.33. The summed E-state index contributed by atoms with van der Waals surface area (Å²) in [5.74, 6) is 0.953. The van der Waals surface area contributed by atoms with Gasteiger partial charge in [0.1, 0.15) is 0 Å². The van der Waals surface area contributed by atoms with Crippen molar-refractivity contribution < 1.29 is 0 Å². The largest absolute Gasteiger partial charge is 0.370 e. The quantitative estimate of drug-likeness (QED) is 0.553. The molecule has 146 valence electrons. The lowest BCUT2D eigenvalue weighted by atomic mass is 10.1. The Morgan fingerprint density at radius 1 is 1.23 bits per heavy atom. The summed E-state index contributed by atoms with van der Waals surface area (Å²) in [7, 11) is 2.14. The van der Waals surface area contributed by atoms with Crippen molar-refractivity contribution in [2.24, 2.45) is 4.99 Å². The van der Waals surface area contributed by atoms with Crippen molar-refractivity contribution in [3.8, 4) is 0 Å². The summed E-state index contributed by atoms with van der Waals surface area (Å²) < 4.78 is 0. The first kappa shape index (κ1) is 20.6. The number of likely N-dealkylation sites (N-methyl/N-ethyl adjacent to an activating group) is 1. The highest BCUT2D eigenvalue weighted by atomic mass is 15.2. The lowest BCUT2D eigenvalue weighted by Crippen LogP contribution is -2.49.